The molecule has 10 heteroatoms. The molecule has 3 rings (SSSR count). The molecule has 0 aromatic heterocycles. The van der Waals surface area contributed by atoms with Gasteiger partial charge in [-0.05, 0) is 57.5 Å². The van der Waals surface area contributed by atoms with Gasteiger partial charge in [-0.1, -0.05) is 29.4 Å². The summed E-state index contributed by atoms with van der Waals surface area (Å²) in [6, 6.07) is 17.9. The van der Waals surface area contributed by atoms with Crippen LogP contribution in [0.5, 0.6) is 5.75 Å². The van der Waals surface area contributed by atoms with Gasteiger partial charge < -0.3 is 9.57 Å². The van der Waals surface area contributed by atoms with Gasteiger partial charge in [-0.25, -0.2) is 0 Å². The highest BCUT2D eigenvalue weighted by molar-refractivity contribution is 14.1. The SMILES string of the molecule is O=[N+]([O-])c1cccc(CO/N=C\c2ccc(OCc3cccc([N+](=O)[O-])c3)c(I)c2)c1. The molecule has 0 heterocycles. The third-order valence-corrected chi connectivity index (χ3v) is 4.94. The van der Waals surface area contributed by atoms with E-state index in [2.05, 4.69) is 27.7 Å². The molecule has 0 aliphatic carbocycles. The van der Waals surface area contributed by atoms with E-state index in [1.54, 1.807) is 36.4 Å². The molecular weight excluding hydrogens is 517 g/mol. The van der Waals surface area contributed by atoms with Gasteiger partial charge in [0.15, 0.2) is 0 Å². The van der Waals surface area contributed by atoms with Crippen molar-refractivity contribution in [3.05, 3.63) is 107 Å². The average Bonchev–Trinajstić information content (AvgIpc) is 2.76. The molecule has 3 aromatic carbocycles. The van der Waals surface area contributed by atoms with Crippen LogP contribution in [0.1, 0.15) is 16.7 Å². The zero-order valence-electron chi connectivity index (χ0n) is 16.0. The van der Waals surface area contributed by atoms with E-state index < -0.39 is 9.85 Å². The minimum atomic E-state index is -0.461. The Morgan fingerprint density at radius 3 is 2.06 bits per heavy atom. The van der Waals surface area contributed by atoms with Crippen molar-refractivity contribution in [2.75, 3.05) is 0 Å². The molecule has 0 spiro atoms. The number of non-ortho nitro benzene ring substituents is 2. The van der Waals surface area contributed by atoms with E-state index in [4.69, 9.17) is 9.57 Å². The summed E-state index contributed by atoms with van der Waals surface area (Å²) in [5, 5.41) is 25.6. The highest BCUT2D eigenvalue weighted by atomic mass is 127. The van der Waals surface area contributed by atoms with Crippen molar-refractivity contribution >= 4 is 40.2 Å². The summed E-state index contributed by atoms with van der Waals surface area (Å²) in [7, 11) is 0. The topological polar surface area (TPSA) is 117 Å². The largest absolute Gasteiger partial charge is 0.488 e. The summed E-state index contributed by atoms with van der Waals surface area (Å²) < 4.78 is 6.60. The highest BCUT2D eigenvalue weighted by Gasteiger charge is 2.08. The monoisotopic (exact) mass is 533 g/mol. The van der Waals surface area contributed by atoms with Gasteiger partial charge in [-0.2, -0.15) is 0 Å². The molecule has 0 fully saturated rings. The highest BCUT2D eigenvalue weighted by Crippen LogP contribution is 2.23. The van der Waals surface area contributed by atoms with Crippen LogP contribution in [0.3, 0.4) is 0 Å². The van der Waals surface area contributed by atoms with Crippen LogP contribution in [0.2, 0.25) is 0 Å². The maximum atomic E-state index is 10.9. The first kappa shape index (κ1) is 22.2. The van der Waals surface area contributed by atoms with Gasteiger partial charge in [0.1, 0.15) is 19.0 Å². The van der Waals surface area contributed by atoms with Gasteiger partial charge in [0.25, 0.3) is 11.4 Å². The number of benzene rings is 3. The van der Waals surface area contributed by atoms with Crippen molar-refractivity contribution in [2.45, 2.75) is 13.2 Å². The molecule has 0 aliphatic heterocycles. The fraction of sp³-hybridized carbons (Fsp3) is 0.0952. The summed E-state index contributed by atoms with van der Waals surface area (Å²) in [6.45, 7) is 0.317. The molecule has 0 bridgehead atoms. The summed E-state index contributed by atoms with van der Waals surface area (Å²) in [4.78, 5) is 26.0. The molecule has 0 radical (unpaired) electrons. The van der Waals surface area contributed by atoms with Crippen LogP contribution in [-0.4, -0.2) is 16.1 Å². The van der Waals surface area contributed by atoms with Crippen molar-refractivity contribution in [1.82, 2.24) is 0 Å². The maximum Gasteiger partial charge on any atom is 0.269 e. The van der Waals surface area contributed by atoms with Crippen LogP contribution < -0.4 is 4.74 Å². The quantitative estimate of drug-likeness (QED) is 0.161. The van der Waals surface area contributed by atoms with Gasteiger partial charge in [-0.3, -0.25) is 20.2 Å². The molecule has 0 aliphatic rings. The van der Waals surface area contributed by atoms with Crippen LogP contribution in [0, 0.1) is 23.8 Å². The van der Waals surface area contributed by atoms with Crippen LogP contribution >= 0.6 is 22.6 Å². The molecule has 0 amide bonds. The predicted molar refractivity (Wildman–Crippen MR) is 122 cm³/mol. The number of hydrogen-bond donors (Lipinski definition) is 0. The van der Waals surface area contributed by atoms with E-state index >= 15 is 0 Å². The summed E-state index contributed by atoms with van der Waals surface area (Å²) in [6.07, 6.45) is 1.53. The fourth-order valence-corrected chi connectivity index (χ4v) is 3.30. The Bertz CT molecular complexity index is 1140. The van der Waals surface area contributed by atoms with Crippen LogP contribution in [0.4, 0.5) is 11.4 Å². The molecule has 0 atom stereocenters. The van der Waals surface area contributed by atoms with Gasteiger partial charge in [-0.15, -0.1) is 0 Å². The fourth-order valence-electron chi connectivity index (χ4n) is 2.61. The Morgan fingerprint density at radius 1 is 0.871 bits per heavy atom. The number of ether oxygens (including phenoxy) is 1. The molecule has 158 valence electrons. The number of oxime groups is 1. The first-order valence-corrected chi connectivity index (χ1v) is 10.0. The van der Waals surface area contributed by atoms with E-state index in [0.717, 1.165) is 9.13 Å². The molecule has 0 N–H and O–H groups in total. The number of halogens is 1. The van der Waals surface area contributed by atoms with Gasteiger partial charge in [0.05, 0.1) is 19.6 Å². The Kier molecular flexibility index (Phi) is 7.49. The maximum absolute atomic E-state index is 10.9. The Hall–Kier alpha value is -3.54. The van der Waals surface area contributed by atoms with Crippen LogP contribution in [-0.2, 0) is 18.1 Å². The number of nitro benzene ring substituents is 2. The third kappa shape index (κ3) is 6.47. The number of nitro groups is 2. The number of hydrogen-bond acceptors (Lipinski definition) is 7. The molecule has 9 nitrogen and oxygen atoms in total. The lowest BCUT2D eigenvalue weighted by molar-refractivity contribution is -0.385. The molecule has 3 aromatic rings. The smallest absolute Gasteiger partial charge is 0.269 e. The van der Waals surface area contributed by atoms with Gasteiger partial charge in [0.2, 0.25) is 0 Å². The normalized spacial score (nSPS) is 10.7. The summed E-state index contributed by atoms with van der Waals surface area (Å²) in [5.41, 5.74) is 2.15. The lowest BCUT2D eigenvalue weighted by atomic mass is 10.2. The van der Waals surface area contributed by atoms with Crippen molar-refractivity contribution < 1.29 is 19.4 Å². The summed E-state index contributed by atoms with van der Waals surface area (Å²) in [5.74, 6) is 0.641. The standard InChI is InChI=1S/C21H16IN3O6/c22-20-11-15(12-23-31-14-17-4-2-6-19(10-17)25(28)29)7-8-21(20)30-13-16-3-1-5-18(9-16)24(26)27/h1-12H,13-14H2/b23-12-. The first-order chi connectivity index (χ1) is 14.9. The third-order valence-electron chi connectivity index (χ3n) is 4.10. The first-order valence-electron chi connectivity index (χ1n) is 8.97. The molecule has 31 heavy (non-hydrogen) atoms. The lowest BCUT2D eigenvalue weighted by Gasteiger charge is -2.09. The molecular formula is C21H16IN3O6. The minimum absolute atomic E-state index is 0.000305. The zero-order chi connectivity index (χ0) is 22.2. The van der Waals surface area contributed by atoms with E-state index in [1.807, 2.05) is 6.07 Å². The average molecular weight is 533 g/mol. The Balaban J connectivity index is 1.55. The molecule has 0 saturated carbocycles. The van der Waals surface area contributed by atoms with E-state index in [0.29, 0.717) is 16.9 Å². The van der Waals surface area contributed by atoms with Gasteiger partial charge in [0, 0.05) is 24.3 Å². The van der Waals surface area contributed by atoms with Crippen molar-refractivity contribution in [3.8, 4) is 5.75 Å². The second-order valence-electron chi connectivity index (χ2n) is 6.34. The Morgan fingerprint density at radius 2 is 1.48 bits per heavy atom. The second kappa shape index (κ2) is 10.5. The zero-order valence-corrected chi connectivity index (χ0v) is 18.2. The second-order valence-corrected chi connectivity index (χ2v) is 7.50. The number of nitrogens with zero attached hydrogens (tertiary/aromatic N) is 3. The van der Waals surface area contributed by atoms with Crippen LogP contribution in [0.15, 0.2) is 71.9 Å². The van der Waals surface area contributed by atoms with E-state index in [9.17, 15) is 20.2 Å². The predicted octanol–water partition coefficient (Wildman–Crippen LogP) is 5.24. The van der Waals surface area contributed by atoms with Crippen molar-refractivity contribution in [1.29, 1.82) is 0 Å². The van der Waals surface area contributed by atoms with E-state index in [-0.39, 0.29) is 24.6 Å². The van der Waals surface area contributed by atoms with Crippen LogP contribution in [0.25, 0.3) is 0 Å². The Labute approximate surface area is 190 Å². The van der Waals surface area contributed by atoms with Gasteiger partial charge >= 0.3 is 0 Å². The number of rotatable bonds is 9. The van der Waals surface area contributed by atoms with E-state index in [1.165, 1.54) is 30.5 Å². The molecule has 0 saturated heterocycles. The van der Waals surface area contributed by atoms with Crippen molar-refractivity contribution in [3.63, 3.8) is 0 Å². The van der Waals surface area contributed by atoms with Crippen molar-refractivity contribution in [2.24, 2.45) is 5.16 Å². The minimum Gasteiger partial charge on any atom is -0.488 e. The summed E-state index contributed by atoms with van der Waals surface area (Å²) >= 11 is 2.13. The molecule has 0 unspecified atom stereocenters. The lowest BCUT2D eigenvalue weighted by Crippen LogP contribution is -1.99.